The molecule has 0 atom stereocenters. The van der Waals surface area contributed by atoms with Gasteiger partial charge in [0.25, 0.3) is 0 Å². The van der Waals surface area contributed by atoms with Crippen molar-refractivity contribution in [1.82, 2.24) is 0 Å². The van der Waals surface area contributed by atoms with Crippen LogP contribution in [0.3, 0.4) is 0 Å². The molecule has 0 saturated heterocycles. The maximum atomic E-state index is 10.9. The molecule has 0 N–H and O–H groups in total. The number of carbonyl (C=O) groups is 1. The Kier molecular flexibility index (Phi) is 6.38. The van der Waals surface area contributed by atoms with E-state index in [2.05, 4.69) is 0 Å². The molecule has 0 aliphatic heterocycles. The van der Waals surface area contributed by atoms with Gasteiger partial charge in [-0.25, -0.2) is 4.79 Å². The van der Waals surface area contributed by atoms with Crippen LogP contribution < -0.4 is 0 Å². The molecule has 3 heteroatoms. The first-order valence-electron chi connectivity index (χ1n) is 4.06. The lowest BCUT2D eigenvalue weighted by Gasteiger charge is -2.01. The molecule has 12 heavy (non-hydrogen) atoms. The largest absolute Gasteiger partial charge is 0.460 e. The Bertz CT molecular complexity index is 157. The van der Waals surface area contributed by atoms with E-state index in [1.807, 2.05) is 20.8 Å². The fourth-order valence-corrected chi connectivity index (χ4v) is 0.623. The van der Waals surface area contributed by atoms with Crippen molar-refractivity contribution < 1.29 is 14.3 Å². The minimum atomic E-state index is -0.297. The second kappa shape index (κ2) is 6.85. The van der Waals surface area contributed by atoms with Crippen LogP contribution in [0, 0.1) is 0 Å². The van der Waals surface area contributed by atoms with E-state index in [0.29, 0.717) is 19.8 Å². The van der Waals surface area contributed by atoms with Crippen LogP contribution in [0.5, 0.6) is 0 Å². The van der Waals surface area contributed by atoms with Crippen molar-refractivity contribution in [3.8, 4) is 0 Å². The molecule has 0 fully saturated rings. The smallest absolute Gasteiger partial charge is 0.330 e. The van der Waals surface area contributed by atoms with Gasteiger partial charge in [0.05, 0.1) is 6.61 Å². The predicted octanol–water partition coefficient (Wildman–Crippen LogP) is 1.53. The summed E-state index contributed by atoms with van der Waals surface area (Å²) in [5, 5.41) is 0. The minimum absolute atomic E-state index is 0.297. The molecule has 0 amide bonds. The summed E-state index contributed by atoms with van der Waals surface area (Å²) in [5.41, 5.74) is 0.941. The molecule has 0 rings (SSSR count). The molecule has 0 radical (unpaired) electrons. The van der Waals surface area contributed by atoms with Gasteiger partial charge < -0.3 is 9.47 Å². The average molecular weight is 172 g/mol. The van der Waals surface area contributed by atoms with E-state index in [9.17, 15) is 4.79 Å². The van der Waals surface area contributed by atoms with Gasteiger partial charge in [-0.2, -0.15) is 0 Å². The van der Waals surface area contributed by atoms with E-state index in [1.54, 1.807) is 0 Å². The van der Waals surface area contributed by atoms with Crippen LogP contribution in [0.4, 0.5) is 0 Å². The first-order valence-corrected chi connectivity index (χ1v) is 4.06. The normalized spacial score (nSPS) is 9.25. The molecular formula is C9H16O3. The van der Waals surface area contributed by atoms with E-state index in [0.717, 1.165) is 5.57 Å². The summed E-state index contributed by atoms with van der Waals surface area (Å²) in [5.74, 6) is -0.297. The molecule has 0 spiro atoms. The van der Waals surface area contributed by atoms with E-state index in [1.165, 1.54) is 6.08 Å². The van der Waals surface area contributed by atoms with Crippen LogP contribution in [-0.2, 0) is 14.3 Å². The van der Waals surface area contributed by atoms with Gasteiger partial charge in [-0.3, -0.25) is 0 Å². The number of ether oxygens (including phenoxy) is 2. The van der Waals surface area contributed by atoms with E-state index in [-0.39, 0.29) is 5.97 Å². The highest BCUT2D eigenvalue weighted by molar-refractivity contribution is 5.82. The maximum Gasteiger partial charge on any atom is 0.330 e. The zero-order valence-electron chi connectivity index (χ0n) is 7.92. The summed E-state index contributed by atoms with van der Waals surface area (Å²) in [6.45, 7) is 7.06. The summed E-state index contributed by atoms with van der Waals surface area (Å²) >= 11 is 0. The second-order valence-corrected chi connectivity index (χ2v) is 2.59. The lowest BCUT2D eigenvalue weighted by molar-refractivity contribution is -0.139. The van der Waals surface area contributed by atoms with Crippen molar-refractivity contribution in [1.29, 1.82) is 0 Å². The number of esters is 1. The predicted molar refractivity (Wildman–Crippen MR) is 46.9 cm³/mol. The van der Waals surface area contributed by atoms with Gasteiger partial charge in [0.1, 0.15) is 6.61 Å². The van der Waals surface area contributed by atoms with Crippen molar-refractivity contribution >= 4 is 5.97 Å². The molecule has 0 unspecified atom stereocenters. The summed E-state index contributed by atoms with van der Waals surface area (Å²) in [6, 6.07) is 0. The molecule has 0 heterocycles. The Morgan fingerprint density at radius 2 is 2.00 bits per heavy atom. The van der Waals surface area contributed by atoms with Crippen molar-refractivity contribution in [2.45, 2.75) is 20.8 Å². The molecule has 0 aromatic carbocycles. The summed E-state index contributed by atoms with van der Waals surface area (Å²) in [7, 11) is 0. The van der Waals surface area contributed by atoms with Crippen molar-refractivity contribution in [2.24, 2.45) is 0 Å². The zero-order chi connectivity index (χ0) is 9.40. The number of hydrogen-bond acceptors (Lipinski definition) is 3. The van der Waals surface area contributed by atoms with Crippen molar-refractivity contribution in [2.75, 3.05) is 19.8 Å². The second-order valence-electron chi connectivity index (χ2n) is 2.59. The molecule has 0 aromatic heterocycles. The van der Waals surface area contributed by atoms with Crippen molar-refractivity contribution in [3.05, 3.63) is 11.6 Å². The molecule has 0 saturated carbocycles. The standard InChI is InChI=1S/C9H16O3/c1-4-11-5-6-12-9(10)7-8(2)3/h7H,4-6H2,1-3H3. The summed E-state index contributed by atoms with van der Waals surface area (Å²) < 4.78 is 9.81. The Morgan fingerprint density at radius 3 is 2.50 bits per heavy atom. The van der Waals surface area contributed by atoms with Gasteiger partial charge >= 0.3 is 5.97 Å². The molecular weight excluding hydrogens is 156 g/mol. The Balaban J connectivity index is 3.39. The topological polar surface area (TPSA) is 35.5 Å². The highest BCUT2D eigenvalue weighted by atomic mass is 16.6. The number of allylic oxidation sites excluding steroid dienone is 1. The molecule has 0 bridgehead atoms. The monoisotopic (exact) mass is 172 g/mol. The Morgan fingerprint density at radius 1 is 1.33 bits per heavy atom. The fourth-order valence-electron chi connectivity index (χ4n) is 0.623. The van der Waals surface area contributed by atoms with Gasteiger partial charge in [0, 0.05) is 12.7 Å². The number of carbonyl (C=O) groups excluding carboxylic acids is 1. The van der Waals surface area contributed by atoms with E-state index >= 15 is 0 Å². The quantitative estimate of drug-likeness (QED) is 0.358. The molecule has 0 aliphatic rings. The first-order chi connectivity index (χ1) is 5.66. The Hall–Kier alpha value is -0.830. The lowest BCUT2D eigenvalue weighted by atomic mass is 10.3. The Labute approximate surface area is 73.4 Å². The van der Waals surface area contributed by atoms with E-state index in [4.69, 9.17) is 9.47 Å². The third kappa shape index (κ3) is 7.28. The highest BCUT2D eigenvalue weighted by Gasteiger charge is 1.96. The van der Waals surface area contributed by atoms with Crippen LogP contribution in [-0.4, -0.2) is 25.8 Å². The maximum absolute atomic E-state index is 10.9. The molecule has 0 aromatic rings. The third-order valence-corrected chi connectivity index (χ3v) is 1.08. The molecule has 3 nitrogen and oxygen atoms in total. The number of hydrogen-bond donors (Lipinski definition) is 0. The average Bonchev–Trinajstić information content (AvgIpc) is 1.97. The molecule has 0 aliphatic carbocycles. The number of rotatable bonds is 5. The fraction of sp³-hybridized carbons (Fsp3) is 0.667. The van der Waals surface area contributed by atoms with Crippen molar-refractivity contribution in [3.63, 3.8) is 0 Å². The zero-order valence-corrected chi connectivity index (χ0v) is 7.92. The third-order valence-electron chi connectivity index (χ3n) is 1.08. The van der Waals surface area contributed by atoms with Gasteiger partial charge in [0.2, 0.25) is 0 Å². The van der Waals surface area contributed by atoms with Crippen LogP contribution in [0.2, 0.25) is 0 Å². The minimum Gasteiger partial charge on any atom is -0.460 e. The van der Waals surface area contributed by atoms with Crippen LogP contribution >= 0.6 is 0 Å². The SMILES string of the molecule is CCOCCOC(=O)C=C(C)C. The van der Waals surface area contributed by atoms with Crippen LogP contribution in [0.25, 0.3) is 0 Å². The van der Waals surface area contributed by atoms with Crippen LogP contribution in [0.15, 0.2) is 11.6 Å². The van der Waals surface area contributed by atoms with E-state index < -0.39 is 0 Å². The summed E-state index contributed by atoms with van der Waals surface area (Å²) in [6.07, 6.45) is 1.46. The van der Waals surface area contributed by atoms with Gasteiger partial charge in [-0.15, -0.1) is 0 Å². The highest BCUT2D eigenvalue weighted by Crippen LogP contribution is 1.90. The molecule has 70 valence electrons. The van der Waals surface area contributed by atoms with Crippen LogP contribution in [0.1, 0.15) is 20.8 Å². The first kappa shape index (κ1) is 11.2. The van der Waals surface area contributed by atoms with Gasteiger partial charge in [0.15, 0.2) is 0 Å². The van der Waals surface area contributed by atoms with Gasteiger partial charge in [-0.1, -0.05) is 5.57 Å². The van der Waals surface area contributed by atoms with Gasteiger partial charge in [-0.05, 0) is 20.8 Å². The lowest BCUT2D eigenvalue weighted by Crippen LogP contribution is -2.08. The summed E-state index contributed by atoms with van der Waals surface area (Å²) in [4.78, 5) is 10.9.